The van der Waals surface area contributed by atoms with Gasteiger partial charge in [0.1, 0.15) is 0 Å². The highest BCUT2D eigenvalue weighted by molar-refractivity contribution is 7.09. The van der Waals surface area contributed by atoms with Gasteiger partial charge in [0.15, 0.2) is 5.96 Å². The third-order valence-electron chi connectivity index (χ3n) is 5.85. The van der Waals surface area contributed by atoms with Gasteiger partial charge in [-0.15, -0.1) is 11.3 Å². The molecule has 2 N–H and O–H groups in total. The third-order valence-corrected chi connectivity index (χ3v) is 6.89. The summed E-state index contributed by atoms with van der Waals surface area (Å²) in [5.41, 5.74) is 1.43. The van der Waals surface area contributed by atoms with Crippen LogP contribution in [0.1, 0.15) is 49.7 Å². The van der Waals surface area contributed by atoms with Crippen molar-refractivity contribution < 1.29 is 4.74 Å². The van der Waals surface area contributed by atoms with Crippen molar-refractivity contribution in [1.82, 2.24) is 20.5 Å². The lowest BCUT2D eigenvalue weighted by Crippen LogP contribution is -2.60. The lowest BCUT2D eigenvalue weighted by molar-refractivity contribution is -0.0352. The van der Waals surface area contributed by atoms with Crippen LogP contribution in [0.25, 0.3) is 0 Å². The molecule has 0 atom stereocenters. The molecular weight excluding hydrogens is 358 g/mol. The van der Waals surface area contributed by atoms with E-state index in [0.717, 1.165) is 58.2 Å². The minimum atomic E-state index is 0.255. The average Bonchev–Trinajstić information content (AvgIpc) is 3.20. The van der Waals surface area contributed by atoms with Gasteiger partial charge in [-0.25, -0.2) is 4.98 Å². The van der Waals surface area contributed by atoms with E-state index in [1.807, 2.05) is 7.05 Å². The van der Waals surface area contributed by atoms with Crippen LogP contribution in [0.2, 0.25) is 0 Å². The topological polar surface area (TPSA) is 61.8 Å². The number of guanidine groups is 1. The van der Waals surface area contributed by atoms with Gasteiger partial charge in [-0.1, -0.05) is 26.2 Å². The first-order valence-corrected chi connectivity index (χ1v) is 11.3. The second-order valence-corrected chi connectivity index (χ2v) is 8.52. The number of hydrogen-bond acceptors (Lipinski definition) is 5. The van der Waals surface area contributed by atoms with Gasteiger partial charge in [-0.05, 0) is 19.3 Å². The number of nitrogens with one attached hydrogen (secondary N) is 2. The van der Waals surface area contributed by atoms with E-state index in [9.17, 15) is 0 Å². The third kappa shape index (κ3) is 5.65. The molecule has 1 aliphatic carbocycles. The van der Waals surface area contributed by atoms with Crippen LogP contribution in [0.15, 0.2) is 10.4 Å². The minimum Gasteiger partial charge on any atom is -0.379 e. The van der Waals surface area contributed by atoms with Crippen molar-refractivity contribution in [1.29, 1.82) is 0 Å². The van der Waals surface area contributed by atoms with Crippen LogP contribution in [-0.2, 0) is 17.6 Å². The number of aliphatic imine (C=N–C) groups is 1. The molecule has 6 nitrogen and oxygen atoms in total. The van der Waals surface area contributed by atoms with Crippen LogP contribution >= 0.6 is 11.3 Å². The fourth-order valence-electron chi connectivity index (χ4n) is 4.26. The van der Waals surface area contributed by atoms with Crippen LogP contribution < -0.4 is 10.6 Å². The maximum atomic E-state index is 5.58. The maximum absolute atomic E-state index is 5.58. The predicted molar refractivity (Wildman–Crippen MR) is 113 cm³/mol. The first kappa shape index (κ1) is 20.6. The van der Waals surface area contributed by atoms with Crippen LogP contribution in [0.3, 0.4) is 0 Å². The van der Waals surface area contributed by atoms with Gasteiger partial charge in [-0.3, -0.25) is 9.89 Å². The van der Waals surface area contributed by atoms with Crippen molar-refractivity contribution in [3.8, 4) is 0 Å². The standard InChI is InChI=1S/C20H35N5OS/c1-3-18-24-17(15-27-18)7-10-22-19(21-2)23-16-20(8-5-4-6-9-20)25-11-13-26-14-12-25/h15H,3-14,16H2,1-2H3,(H2,21,22,23). The van der Waals surface area contributed by atoms with E-state index in [1.54, 1.807) is 11.3 Å². The van der Waals surface area contributed by atoms with Crippen LogP contribution in [0, 0.1) is 0 Å². The Morgan fingerprint density at radius 3 is 2.70 bits per heavy atom. The quantitative estimate of drug-likeness (QED) is 0.550. The number of nitrogens with zero attached hydrogens (tertiary/aromatic N) is 3. The zero-order valence-corrected chi connectivity index (χ0v) is 17.7. The number of aromatic nitrogens is 1. The largest absolute Gasteiger partial charge is 0.379 e. The van der Waals surface area contributed by atoms with Gasteiger partial charge in [0.25, 0.3) is 0 Å². The zero-order valence-electron chi connectivity index (χ0n) is 16.9. The summed E-state index contributed by atoms with van der Waals surface area (Å²) in [5.74, 6) is 0.902. The lowest BCUT2D eigenvalue weighted by Gasteiger charge is -2.48. The van der Waals surface area contributed by atoms with E-state index in [4.69, 9.17) is 4.74 Å². The van der Waals surface area contributed by atoms with Crippen molar-refractivity contribution in [2.45, 2.75) is 57.4 Å². The summed E-state index contributed by atoms with van der Waals surface area (Å²) in [4.78, 5) is 11.7. The van der Waals surface area contributed by atoms with Gasteiger partial charge in [0, 0.05) is 50.6 Å². The summed E-state index contributed by atoms with van der Waals surface area (Å²) < 4.78 is 5.58. The van der Waals surface area contributed by atoms with Gasteiger partial charge in [0.2, 0.25) is 0 Å². The van der Waals surface area contributed by atoms with E-state index >= 15 is 0 Å². The van der Waals surface area contributed by atoms with Gasteiger partial charge >= 0.3 is 0 Å². The predicted octanol–water partition coefficient (Wildman–Crippen LogP) is 2.45. The van der Waals surface area contributed by atoms with E-state index in [1.165, 1.54) is 42.8 Å². The highest BCUT2D eigenvalue weighted by atomic mass is 32.1. The zero-order chi connectivity index (χ0) is 19.0. The Morgan fingerprint density at radius 1 is 1.26 bits per heavy atom. The summed E-state index contributed by atoms with van der Waals surface area (Å²) in [7, 11) is 1.86. The van der Waals surface area contributed by atoms with E-state index in [2.05, 4.69) is 37.8 Å². The number of rotatable bonds is 7. The molecule has 27 heavy (non-hydrogen) atoms. The van der Waals surface area contributed by atoms with Crippen molar-refractivity contribution in [2.75, 3.05) is 46.4 Å². The van der Waals surface area contributed by atoms with Crippen LogP contribution in [-0.4, -0.2) is 67.8 Å². The second-order valence-electron chi connectivity index (χ2n) is 7.57. The summed E-state index contributed by atoms with van der Waals surface area (Å²) >= 11 is 1.76. The molecule has 2 fully saturated rings. The summed E-state index contributed by atoms with van der Waals surface area (Å²) in [6.07, 6.45) is 8.53. The molecule has 1 saturated heterocycles. The molecule has 2 aliphatic rings. The van der Waals surface area contributed by atoms with Crippen LogP contribution in [0.4, 0.5) is 0 Å². The van der Waals surface area contributed by atoms with E-state index < -0.39 is 0 Å². The van der Waals surface area contributed by atoms with E-state index in [0.29, 0.717) is 0 Å². The monoisotopic (exact) mass is 393 g/mol. The molecule has 152 valence electrons. The Balaban J connectivity index is 1.50. The Hall–Kier alpha value is -1.18. The summed E-state index contributed by atoms with van der Waals surface area (Å²) in [5, 5.41) is 10.5. The van der Waals surface area contributed by atoms with Gasteiger partial charge in [-0.2, -0.15) is 0 Å². The molecule has 2 heterocycles. The molecule has 1 saturated carbocycles. The Bertz CT molecular complexity index is 591. The first-order valence-electron chi connectivity index (χ1n) is 10.5. The molecule has 0 bridgehead atoms. The molecule has 0 spiro atoms. The molecule has 0 aromatic carbocycles. The van der Waals surface area contributed by atoms with Crippen molar-refractivity contribution in [2.24, 2.45) is 4.99 Å². The number of hydrogen-bond donors (Lipinski definition) is 2. The van der Waals surface area contributed by atoms with Crippen molar-refractivity contribution >= 4 is 17.3 Å². The molecule has 0 amide bonds. The number of ether oxygens (including phenoxy) is 1. The van der Waals surface area contributed by atoms with Crippen LogP contribution in [0.5, 0.6) is 0 Å². The summed E-state index contributed by atoms with van der Waals surface area (Å²) in [6, 6.07) is 0. The summed E-state index contributed by atoms with van der Waals surface area (Å²) in [6.45, 7) is 7.81. The highest BCUT2D eigenvalue weighted by Crippen LogP contribution is 2.33. The number of morpholine rings is 1. The second kappa shape index (κ2) is 10.4. The first-order chi connectivity index (χ1) is 13.3. The Morgan fingerprint density at radius 2 is 2.04 bits per heavy atom. The number of aryl methyl sites for hydroxylation is 1. The average molecular weight is 394 g/mol. The fourth-order valence-corrected chi connectivity index (χ4v) is 5.04. The number of thiazole rings is 1. The smallest absolute Gasteiger partial charge is 0.191 e. The molecular formula is C20H35N5OS. The van der Waals surface area contributed by atoms with E-state index in [-0.39, 0.29) is 5.54 Å². The van der Waals surface area contributed by atoms with Gasteiger partial charge in [0.05, 0.1) is 23.9 Å². The fraction of sp³-hybridized carbons (Fsp3) is 0.800. The highest BCUT2D eigenvalue weighted by Gasteiger charge is 2.38. The SMILES string of the molecule is CCc1nc(CCNC(=NC)NCC2(N3CCOCC3)CCCCC2)cs1. The van der Waals surface area contributed by atoms with Crippen molar-refractivity contribution in [3.63, 3.8) is 0 Å². The molecule has 1 aliphatic heterocycles. The normalized spacial score (nSPS) is 21.2. The Labute approximate surface area is 167 Å². The van der Waals surface area contributed by atoms with Gasteiger partial charge < -0.3 is 15.4 Å². The molecule has 3 rings (SSSR count). The Kier molecular flexibility index (Phi) is 7.91. The molecule has 1 aromatic heterocycles. The van der Waals surface area contributed by atoms with Crippen molar-refractivity contribution in [3.05, 3.63) is 16.1 Å². The molecule has 0 unspecified atom stereocenters. The molecule has 1 aromatic rings. The lowest BCUT2D eigenvalue weighted by atomic mass is 9.80. The molecule has 0 radical (unpaired) electrons. The molecule has 7 heteroatoms. The minimum absolute atomic E-state index is 0.255. The maximum Gasteiger partial charge on any atom is 0.191 e.